The van der Waals surface area contributed by atoms with E-state index >= 15 is 0 Å². The SMILES string of the molecule is CC1(C)[C@@H]2CC[C@@]1(C)C(=O)[C@@]21SC12c1ccccc1Sc1ccccc12. The Kier molecular flexibility index (Phi) is 2.70. The van der Waals surface area contributed by atoms with Gasteiger partial charge in [-0.3, -0.25) is 4.79 Å². The van der Waals surface area contributed by atoms with E-state index in [0.717, 1.165) is 6.42 Å². The Morgan fingerprint density at radius 3 is 2.04 bits per heavy atom. The molecule has 3 atom stereocenters. The second-order valence-electron chi connectivity index (χ2n) is 9.09. The van der Waals surface area contributed by atoms with Crippen LogP contribution in [0, 0.1) is 16.7 Å². The standard InChI is InChI=1S/C23H22OS2/c1-20(2)18-12-13-21(20,3)19(24)23(18)22(26-23)14-8-4-6-10-16(14)25-17-11-7-5-9-15(17)22/h4-11,18H,12-13H2,1-3H3/t18-,21-,23-/m0/s1. The molecule has 26 heavy (non-hydrogen) atoms. The monoisotopic (exact) mass is 378 g/mol. The van der Waals surface area contributed by atoms with Crippen molar-refractivity contribution < 1.29 is 4.79 Å². The highest BCUT2D eigenvalue weighted by Crippen LogP contribution is 2.88. The first kappa shape index (κ1) is 15.8. The number of hydrogen-bond acceptors (Lipinski definition) is 3. The summed E-state index contributed by atoms with van der Waals surface area (Å²) in [5.41, 5.74) is 2.64. The zero-order chi connectivity index (χ0) is 17.9. The summed E-state index contributed by atoms with van der Waals surface area (Å²) in [5, 5.41) is 0. The van der Waals surface area contributed by atoms with Crippen molar-refractivity contribution in [2.45, 2.75) is 52.9 Å². The Hall–Kier alpha value is -1.19. The highest BCUT2D eigenvalue weighted by atomic mass is 32.2. The average molecular weight is 379 g/mol. The van der Waals surface area contributed by atoms with E-state index in [0.29, 0.717) is 11.7 Å². The predicted octanol–water partition coefficient (Wildman–Crippen LogP) is 5.91. The van der Waals surface area contributed by atoms with Gasteiger partial charge in [-0.2, -0.15) is 0 Å². The maximum Gasteiger partial charge on any atom is 0.157 e. The number of thioether (sulfide) groups is 1. The predicted molar refractivity (Wildman–Crippen MR) is 108 cm³/mol. The van der Waals surface area contributed by atoms with Crippen LogP contribution in [0.5, 0.6) is 0 Å². The van der Waals surface area contributed by atoms with Crippen molar-refractivity contribution in [3.63, 3.8) is 0 Å². The van der Waals surface area contributed by atoms with Gasteiger partial charge in [-0.1, -0.05) is 68.9 Å². The molecule has 0 aromatic heterocycles. The lowest BCUT2D eigenvalue weighted by atomic mass is 9.70. The molecule has 2 saturated carbocycles. The first-order valence-corrected chi connectivity index (χ1v) is 11.1. The van der Waals surface area contributed by atoms with Crippen molar-refractivity contribution >= 4 is 29.3 Å². The van der Waals surface area contributed by atoms with Crippen LogP contribution in [-0.4, -0.2) is 10.5 Å². The quantitative estimate of drug-likeness (QED) is 0.531. The number of rotatable bonds is 0. The number of ketones is 1. The molecule has 2 aromatic rings. The molecular formula is C23H22OS2. The lowest BCUT2D eigenvalue weighted by Gasteiger charge is -2.33. The van der Waals surface area contributed by atoms with Gasteiger partial charge in [0, 0.05) is 15.2 Å². The van der Waals surface area contributed by atoms with Crippen molar-refractivity contribution in [3.8, 4) is 0 Å². The summed E-state index contributed by atoms with van der Waals surface area (Å²) in [7, 11) is 0. The van der Waals surface area contributed by atoms with E-state index in [4.69, 9.17) is 0 Å². The van der Waals surface area contributed by atoms with Crippen LogP contribution in [0.3, 0.4) is 0 Å². The number of hydrogen-bond donors (Lipinski definition) is 0. The summed E-state index contributed by atoms with van der Waals surface area (Å²) in [6.45, 7) is 6.94. The maximum absolute atomic E-state index is 14.0. The van der Waals surface area contributed by atoms with Crippen molar-refractivity contribution in [2.75, 3.05) is 0 Å². The summed E-state index contributed by atoms with van der Waals surface area (Å²) in [4.78, 5) is 16.6. The molecule has 0 unspecified atom stereocenters. The Bertz CT molecular complexity index is 948. The van der Waals surface area contributed by atoms with E-state index in [1.807, 2.05) is 23.5 Å². The highest BCUT2D eigenvalue weighted by molar-refractivity contribution is 8.10. The summed E-state index contributed by atoms with van der Waals surface area (Å²) in [6.07, 6.45) is 2.24. The molecule has 2 aromatic carbocycles. The largest absolute Gasteiger partial charge is 0.297 e. The van der Waals surface area contributed by atoms with Gasteiger partial charge < -0.3 is 0 Å². The fraction of sp³-hybridized carbons (Fsp3) is 0.435. The van der Waals surface area contributed by atoms with Gasteiger partial charge in [0.2, 0.25) is 0 Å². The van der Waals surface area contributed by atoms with E-state index in [9.17, 15) is 4.79 Å². The van der Waals surface area contributed by atoms with Crippen molar-refractivity contribution in [1.29, 1.82) is 0 Å². The van der Waals surface area contributed by atoms with E-state index in [2.05, 4.69) is 69.3 Å². The molecule has 2 spiro atoms. The van der Waals surface area contributed by atoms with Gasteiger partial charge in [0.15, 0.2) is 5.78 Å². The fourth-order valence-corrected chi connectivity index (χ4v) is 10.0. The number of benzene rings is 2. The van der Waals surface area contributed by atoms with Gasteiger partial charge in [-0.25, -0.2) is 0 Å². The smallest absolute Gasteiger partial charge is 0.157 e. The first-order valence-electron chi connectivity index (χ1n) is 9.51. The molecule has 3 heteroatoms. The second-order valence-corrected chi connectivity index (χ2v) is 11.6. The molecule has 2 aliphatic heterocycles. The Morgan fingerprint density at radius 1 is 0.923 bits per heavy atom. The first-order chi connectivity index (χ1) is 12.4. The van der Waals surface area contributed by atoms with Crippen LogP contribution >= 0.6 is 23.5 Å². The maximum atomic E-state index is 14.0. The lowest BCUT2D eigenvalue weighted by molar-refractivity contribution is -0.129. The summed E-state index contributed by atoms with van der Waals surface area (Å²) >= 11 is 3.83. The van der Waals surface area contributed by atoms with Gasteiger partial charge >= 0.3 is 0 Å². The van der Waals surface area contributed by atoms with Crippen LogP contribution in [0.25, 0.3) is 0 Å². The molecule has 2 aliphatic carbocycles. The third-order valence-corrected chi connectivity index (χ3v) is 11.2. The molecule has 0 radical (unpaired) electrons. The van der Waals surface area contributed by atoms with Crippen LogP contribution < -0.4 is 0 Å². The average Bonchev–Trinajstić information content (AvgIpc) is 3.20. The normalized spacial score (nSPS) is 37.0. The van der Waals surface area contributed by atoms with E-state index in [-0.39, 0.29) is 20.3 Å². The molecule has 132 valence electrons. The van der Waals surface area contributed by atoms with Gasteiger partial charge in [-0.05, 0) is 47.4 Å². The number of carbonyl (C=O) groups is 1. The number of carbonyl (C=O) groups excluding carboxylic acids is 1. The van der Waals surface area contributed by atoms with Gasteiger partial charge in [0.25, 0.3) is 0 Å². The molecule has 0 amide bonds. The van der Waals surface area contributed by atoms with Crippen molar-refractivity contribution in [1.82, 2.24) is 0 Å². The zero-order valence-electron chi connectivity index (χ0n) is 15.3. The second kappa shape index (κ2) is 4.44. The van der Waals surface area contributed by atoms with Crippen LogP contribution in [0.15, 0.2) is 58.3 Å². The van der Waals surface area contributed by atoms with Gasteiger partial charge in [-0.15, -0.1) is 11.8 Å². The van der Waals surface area contributed by atoms with E-state index in [1.54, 1.807) is 0 Å². The molecule has 1 nitrogen and oxygen atoms in total. The third-order valence-electron chi connectivity index (χ3n) is 8.10. The molecule has 2 heterocycles. The molecule has 3 fully saturated rings. The molecule has 6 rings (SSSR count). The summed E-state index contributed by atoms with van der Waals surface area (Å²) < 4.78 is -0.445. The topological polar surface area (TPSA) is 17.1 Å². The third kappa shape index (κ3) is 1.38. The Morgan fingerprint density at radius 2 is 1.50 bits per heavy atom. The van der Waals surface area contributed by atoms with Crippen LogP contribution in [0.4, 0.5) is 0 Å². The zero-order valence-corrected chi connectivity index (χ0v) is 17.0. The van der Waals surface area contributed by atoms with Crippen LogP contribution in [0.1, 0.15) is 44.7 Å². The summed E-state index contributed by atoms with van der Waals surface area (Å²) in [6, 6.07) is 17.5. The van der Waals surface area contributed by atoms with Crippen molar-refractivity contribution in [2.24, 2.45) is 16.7 Å². The fourth-order valence-electron chi connectivity index (χ4n) is 6.39. The molecule has 1 saturated heterocycles. The number of Topliss-reactive ketones (excluding diaryl/α,β-unsaturated/α-hetero) is 1. The van der Waals surface area contributed by atoms with Gasteiger partial charge in [0.1, 0.15) is 4.75 Å². The van der Waals surface area contributed by atoms with Crippen molar-refractivity contribution in [3.05, 3.63) is 59.7 Å². The molecule has 2 bridgehead atoms. The number of fused-ring (bicyclic) bond motifs is 8. The minimum absolute atomic E-state index is 0.0784. The molecular weight excluding hydrogens is 356 g/mol. The molecule has 0 N–H and O–H groups in total. The lowest BCUT2D eigenvalue weighted by Crippen LogP contribution is -2.42. The Labute approximate surface area is 163 Å². The van der Waals surface area contributed by atoms with Gasteiger partial charge in [0.05, 0.1) is 4.75 Å². The van der Waals surface area contributed by atoms with Crippen LogP contribution in [-0.2, 0) is 9.54 Å². The van der Waals surface area contributed by atoms with E-state index in [1.165, 1.54) is 27.3 Å². The minimum Gasteiger partial charge on any atom is -0.297 e. The summed E-state index contributed by atoms with van der Waals surface area (Å²) in [5.74, 6) is 0.981. The minimum atomic E-state index is -0.267. The van der Waals surface area contributed by atoms with Crippen LogP contribution in [0.2, 0.25) is 0 Å². The highest BCUT2D eigenvalue weighted by Gasteiger charge is 2.88. The Balaban J connectivity index is 1.66. The molecule has 4 aliphatic rings. The van der Waals surface area contributed by atoms with E-state index < -0.39 is 0 Å².